The Morgan fingerprint density at radius 1 is 1.44 bits per heavy atom. The zero-order chi connectivity index (χ0) is 5.98. The SMILES string of the molecule is CCN1C=CN(C)C1.[Br-]. The largest absolute Gasteiger partial charge is 1.00 e. The lowest BCUT2D eigenvalue weighted by Gasteiger charge is -2.14. The Morgan fingerprint density at radius 3 is 2.33 bits per heavy atom. The first kappa shape index (κ1) is 8.82. The van der Waals surface area contributed by atoms with Gasteiger partial charge < -0.3 is 26.8 Å². The number of halogens is 1. The lowest BCUT2D eigenvalue weighted by atomic mass is 10.6. The summed E-state index contributed by atoms with van der Waals surface area (Å²) in [6.07, 6.45) is 4.20. The topological polar surface area (TPSA) is 6.48 Å². The minimum atomic E-state index is 0. The van der Waals surface area contributed by atoms with E-state index in [9.17, 15) is 0 Å². The van der Waals surface area contributed by atoms with Gasteiger partial charge in [-0.3, -0.25) is 0 Å². The van der Waals surface area contributed by atoms with E-state index < -0.39 is 0 Å². The maximum absolute atomic E-state index is 2.25. The van der Waals surface area contributed by atoms with E-state index in [1.54, 1.807) is 0 Å². The fraction of sp³-hybridized carbons (Fsp3) is 0.667. The maximum atomic E-state index is 2.25. The summed E-state index contributed by atoms with van der Waals surface area (Å²) in [5.74, 6) is 0. The fourth-order valence-corrected chi connectivity index (χ4v) is 0.794. The predicted octanol–water partition coefficient (Wildman–Crippen LogP) is -2.31. The van der Waals surface area contributed by atoms with Gasteiger partial charge in [0.05, 0.1) is 6.67 Å². The van der Waals surface area contributed by atoms with Crippen molar-refractivity contribution in [1.29, 1.82) is 0 Å². The van der Waals surface area contributed by atoms with Crippen LogP contribution in [0.25, 0.3) is 0 Å². The van der Waals surface area contributed by atoms with Gasteiger partial charge in [-0.05, 0) is 6.92 Å². The average molecular weight is 192 g/mol. The molecule has 0 aromatic heterocycles. The molecule has 0 bridgehead atoms. The van der Waals surface area contributed by atoms with Crippen LogP contribution in [-0.4, -0.2) is 30.1 Å². The Hall–Kier alpha value is -0.180. The van der Waals surface area contributed by atoms with Crippen LogP contribution < -0.4 is 17.0 Å². The third-order valence-electron chi connectivity index (χ3n) is 1.34. The predicted molar refractivity (Wildman–Crippen MR) is 34.1 cm³/mol. The van der Waals surface area contributed by atoms with Crippen LogP contribution in [0.4, 0.5) is 0 Å². The van der Waals surface area contributed by atoms with Crippen molar-refractivity contribution in [2.75, 3.05) is 20.3 Å². The summed E-state index contributed by atoms with van der Waals surface area (Å²) in [7, 11) is 2.08. The molecule has 0 N–H and O–H groups in total. The van der Waals surface area contributed by atoms with Crippen LogP contribution in [0.5, 0.6) is 0 Å². The molecule has 54 valence electrons. The van der Waals surface area contributed by atoms with Gasteiger partial charge in [0.25, 0.3) is 0 Å². The van der Waals surface area contributed by atoms with Crippen LogP contribution in [0.15, 0.2) is 12.4 Å². The lowest BCUT2D eigenvalue weighted by Crippen LogP contribution is -3.00. The van der Waals surface area contributed by atoms with E-state index >= 15 is 0 Å². The van der Waals surface area contributed by atoms with E-state index in [-0.39, 0.29) is 17.0 Å². The zero-order valence-electron chi connectivity index (χ0n) is 5.84. The number of hydrogen-bond acceptors (Lipinski definition) is 2. The van der Waals surface area contributed by atoms with Crippen molar-refractivity contribution in [3.63, 3.8) is 0 Å². The molecule has 0 unspecified atom stereocenters. The molecule has 0 radical (unpaired) electrons. The summed E-state index contributed by atoms with van der Waals surface area (Å²) >= 11 is 0. The van der Waals surface area contributed by atoms with Gasteiger partial charge in [0.15, 0.2) is 0 Å². The van der Waals surface area contributed by atoms with Gasteiger partial charge >= 0.3 is 0 Å². The maximum Gasteiger partial charge on any atom is 0.0890 e. The van der Waals surface area contributed by atoms with Crippen molar-refractivity contribution < 1.29 is 17.0 Å². The first-order valence-electron chi connectivity index (χ1n) is 2.95. The molecular weight excluding hydrogens is 180 g/mol. The van der Waals surface area contributed by atoms with Crippen molar-refractivity contribution >= 4 is 0 Å². The number of hydrogen-bond donors (Lipinski definition) is 0. The first-order chi connectivity index (χ1) is 3.83. The van der Waals surface area contributed by atoms with Gasteiger partial charge in [0, 0.05) is 26.0 Å². The monoisotopic (exact) mass is 191 g/mol. The molecule has 0 aromatic rings. The standard InChI is InChI=1S/C6H12N2.BrH/c1-3-8-5-4-7(2)6-8;/h4-5H,3,6H2,1-2H3;1H/p-1. The highest BCUT2D eigenvalue weighted by Gasteiger charge is 2.03. The molecule has 0 aromatic carbocycles. The van der Waals surface area contributed by atoms with E-state index in [1.807, 2.05) is 0 Å². The molecule has 0 saturated carbocycles. The highest BCUT2D eigenvalue weighted by Crippen LogP contribution is 2.00. The summed E-state index contributed by atoms with van der Waals surface area (Å²) in [6.45, 7) is 4.32. The van der Waals surface area contributed by atoms with Gasteiger partial charge in [-0.15, -0.1) is 0 Å². The number of rotatable bonds is 1. The molecule has 1 heterocycles. The minimum Gasteiger partial charge on any atom is -1.00 e. The molecule has 0 spiro atoms. The Kier molecular flexibility index (Phi) is 3.70. The molecule has 0 fully saturated rings. The fourth-order valence-electron chi connectivity index (χ4n) is 0.794. The third kappa shape index (κ3) is 2.26. The second kappa shape index (κ2) is 3.77. The molecule has 9 heavy (non-hydrogen) atoms. The summed E-state index contributed by atoms with van der Waals surface area (Å²) < 4.78 is 0. The van der Waals surface area contributed by atoms with Crippen molar-refractivity contribution in [3.05, 3.63) is 12.4 Å². The van der Waals surface area contributed by atoms with Crippen LogP contribution in [0.1, 0.15) is 6.92 Å². The summed E-state index contributed by atoms with van der Waals surface area (Å²) in [5.41, 5.74) is 0. The number of nitrogens with zero attached hydrogens (tertiary/aromatic N) is 2. The molecule has 3 heteroatoms. The van der Waals surface area contributed by atoms with Gasteiger partial charge in [0.2, 0.25) is 0 Å². The van der Waals surface area contributed by atoms with Crippen molar-refractivity contribution in [1.82, 2.24) is 9.80 Å². The normalized spacial score (nSPS) is 16.2. The third-order valence-corrected chi connectivity index (χ3v) is 1.34. The van der Waals surface area contributed by atoms with E-state index in [0.29, 0.717) is 0 Å². The van der Waals surface area contributed by atoms with Crippen LogP contribution in [0, 0.1) is 0 Å². The zero-order valence-corrected chi connectivity index (χ0v) is 7.43. The van der Waals surface area contributed by atoms with Crippen molar-refractivity contribution in [2.45, 2.75) is 6.92 Å². The Balaban J connectivity index is 0.000000640. The smallest absolute Gasteiger partial charge is 0.0890 e. The first-order valence-corrected chi connectivity index (χ1v) is 2.95. The summed E-state index contributed by atoms with van der Waals surface area (Å²) in [6, 6.07) is 0. The highest BCUT2D eigenvalue weighted by molar-refractivity contribution is 4.87. The van der Waals surface area contributed by atoms with Crippen LogP contribution >= 0.6 is 0 Å². The molecular formula is C6H12BrN2-. The minimum absolute atomic E-state index is 0. The van der Waals surface area contributed by atoms with E-state index in [4.69, 9.17) is 0 Å². The van der Waals surface area contributed by atoms with Gasteiger partial charge in [0.1, 0.15) is 0 Å². The molecule has 1 aliphatic rings. The Morgan fingerprint density at radius 2 is 2.11 bits per heavy atom. The van der Waals surface area contributed by atoms with Crippen molar-refractivity contribution in [3.8, 4) is 0 Å². The molecule has 0 aliphatic carbocycles. The average Bonchev–Trinajstić information content (AvgIpc) is 2.14. The molecule has 0 amide bonds. The molecule has 1 aliphatic heterocycles. The van der Waals surface area contributed by atoms with Gasteiger partial charge in [-0.1, -0.05) is 0 Å². The highest BCUT2D eigenvalue weighted by atomic mass is 79.9. The summed E-state index contributed by atoms with van der Waals surface area (Å²) in [4.78, 5) is 4.41. The second-order valence-electron chi connectivity index (χ2n) is 2.10. The Bertz CT molecular complexity index is 103. The van der Waals surface area contributed by atoms with Crippen LogP contribution in [-0.2, 0) is 0 Å². The van der Waals surface area contributed by atoms with E-state index in [0.717, 1.165) is 13.2 Å². The molecule has 2 nitrogen and oxygen atoms in total. The molecule has 0 saturated heterocycles. The van der Waals surface area contributed by atoms with E-state index in [2.05, 4.69) is 36.2 Å². The quantitative estimate of drug-likeness (QED) is 0.460. The van der Waals surface area contributed by atoms with Gasteiger partial charge in [-0.2, -0.15) is 0 Å². The van der Waals surface area contributed by atoms with Crippen molar-refractivity contribution in [2.24, 2.45) is 0 Å². The lowest BCUT2D eigenvalue weighted by molar-refractivity contribution is -0.00000179. The summed E-state index contributed by atoms with van der Waals surface area (Å²) in [5, 5.41) is 0. The van der Waals surface area contributed by atoms with E-state index in [1.165, 1.54) is 0 Å². The second-order valence-corrected chi connectivity index (χ2v) is 2.10. The van der Waals surface area contributed by atoms with Crippen LogP contribution in [0.3, 0.4) is 0 Å². The molecule has 0 atom stereocenters. The van der Waals surface area contributed by atoms with Crippen LogP contribution in [0.2, 0.25) is 0 Å². The molecule has 1 rings (SSSR count). The Labute approximate surface area is 66.9 Å². The van der Waals surface area contributed by atoms with Gasteiger partial charge in [-0.25, -0.2) is 0 Å².